The van der Waals surface area contributed by atoms with Crippen LogP contribution >= 0.6 is 0 Å². The van der Waals surface area contributed by atoms with Gasteiger partial charge in [-0.25, -0.2) is 0 Å². The molecule has 0 aromatic heterocycles. The molecule has 0 saturated heterocycles. The molecule has 106 valence electrons. The van der Waals surface area contributed by atoms with Gasteiger partial charge in [-0.1, -0.05) is 13.8 Å². The molecule has 3 nitrogen and oxygen atoms in total. The SMILES string of the molecule is COCC1CCC(C(=O)C(C)C(C)OC)[C@H](C)C1. The minimum atomic E-state index is 0.00132. The molecule has 1 rings (SSSR count). The van der Waals surface area contributed by atoms with Crippen molar-refractivity contribution in [1.29, 1.82) is 0 Å². The second-order valence-electron chi connectivity index (χ2n) is 5.85. The molecule has 3 heteroatoms. The van der Waals surface area contributed by atoms with Gasteiger partial charge < -0.3 is 9.47 Å². The van der Waals surface area contributed by atoms with E-state index in [0.717, 1.165) is 25.9 Å². The first kappa shape index (κ1) is 15.6. The van der Waals surface area contributed by atoms with Gasteiger partial charge in [0, 0.05) is 32.7 Å². The van der Waals surface area contributed by atoms with Crippen LogP contribution in [0.15, 0.2) is 0 Å². The molecule has 1 aliphatic rings. The van der Waals surface area contributed by atoms with Gasteiger partial charge >= 0.3 is 0 Å². The highest BCUT2D eigenvalue weighted by Crippen LogP contribution is 2.36. The maximum absolute atomic E-state index is 12.5. The number of Topliss-reactive ketones (excluding diaryl/α,β-unsaturated/α-hetero) is 1. The fourth-order valence-electron chi connectivity index (χ4n) is 3.09. The highest BCUT2D eigenvalue weighted by molar-refractivity contribution is 5.84. The third-order valence-electron chi connectivity index (χ3n) is 4.57. The molecule has 0 aromatic carbocycles. The van der Waals surface area contributed by atoms with Crippen LogP contribution in [-0.4, -0.2) is 32.7 Å². The Balaban J connectivity index is 2.55. The van der Waals surface area contributed by atoms with Gasteiger partial charge in [0.15, 0.2) is 0 Å². The predicted octanol–water partition coefficient (Wildman–Crippen LogP) is 2.93. The van der Waals surface area contributed by atoms with Gasteiger partial charge in [-0.15, -0.1) is 0 Å². The maximum atomic E-state index is 12.5. The smallest absolute Gasteiger partial charge is 0.141 e. The first-order valence-corrected chi connectivity index (χ1v) is 7.06. The van der Waals surface area contributed by atoms with Crippen LogP contribution in [0.25, 0.3) is 0 Å². The summed E-state index contributed by atoms with van der Waals surface area (Å²) < 4.78 is 10.5. The zero-order valence-electron chi connectivity index (χ0n) is 12.4. The molecule has 1 fully saturated rings. The first-order chi connectivity index (χ1) is 8.51. The number of rotatable bonds is 6. The van der Waals surface area contributed by atoms with Gasteiger partial charge in [0.2, 0.25) is 0 Å². The van der Waals surface area contributed by atoms with Crippen LogP contribution in [0.2, 0.25) is 0 Å². The summed E-state index contributed by atoms with van der Waals surface area (Å²) in [6, 6.07) is 0. The zero-order chi connectivity index (χ0) is 13.7. The monoisotopic (exact) mass is 256 g/mol. The van der Waals surface area contributed by atoms with E-state index in [2.05, 4.69) is 6.92 Å². The Kier molecular flexibility index (Phi) is 6.30. The van der Waals surface area contributed by atoms with Gasteiger partial charge in [0.25, 0.3) is 0 Å². The summed E-state index contributed by atoms with van der Waals surface area (Å²) in [6.07, 6.45) is 3.25. The molecule has 18 heavy (non-hydrogen) atoms. The van der Waals surface area contributed by atoms with E-state index in [1.165, 1.54) is 0 Å². The number of methoxy groups -OCH3 is 2. The van der Waals surface area contributed by atoms with Crippen LogP contribution < -0.4 is 0 Å². The molecule has 5 atom stereocenters. The lowest BCUT2D eigenvalue weighted by molar-refractivity contribution is -0.133. The minimum Gasteiger partial charge on any atom is -0.384 e. The van der Waals surface area contributed by atoms with E-state index >= 15 is 0 Å². The van der Waals surface area contributed by atoms with Gasteiger partial charge in [-0.05, 0) is 38.0 Å². The van der Waals surface area contributed by atoms with Crippen molar-refractivity contribution < 1.29 is 14.3 Å². The molecule has 0 amide bonds. The Bertz CT molecular complexity index is 264. The molecule has 4 unspecified atom stereocenters. The van der Waals surface area contributed by atoms with Crippen LogP contribution in [0.5, 0.6) is 0 Å². The number of hydrogen-bond acceptors (Lipinski definition) is 3. The van der Waals surface area contributed by atoms with Gasteiger partial charge in [0.1, 0.15) is 5.78 Å². The fraction of sp³-hybridized carbons (Fsp3) is 0.933. The van der Waals surface area contributed by atoms with E-state index in [1.54, 1.807) is 14.2 Å². The summed E-state index contributed by atoms with van der Waals surface area (Å²) in [6.45, 7) is 7.00. The summed E-state index contributed by atoms with van der Waals surface area (Å²) in [5.74, 6) is 1.70. The van der Waals surface area contributed by atoms with E-state index in [-0.39, 0.29) is 17.9 Å². The van der Waals surface area contributed by atoms with Crippen molar-refractivity contribution in [2.24, 2.45) is 23.7 Å². The molecule has 1 saturated carbocycles. The number of ketones is 1. The zero-order valence-corrected chi connectivity index (χ0v) is 12.4. The molecule has 0 aliphatic heterocycles. The van der Waals surface area contributed by atoms with Crippen molar-refractivity contribution in [3.05, 3.63) is 0 Å². The summed E-state index contributed by atoms with van der Waals surface area (Å²) >= 11 is 0. The largest absolute Gasteiger partial charge is 0.384 e. The second kappa shape index (κ2) is 7.25. The topological polar surface area (TPSA) is 35.5 Å². The Morgan fingerprint density at radius 2 is 1.94 bits per heavy atom. The summed E-state index contributed by atoms with van der Waals surface area (Å²) in [5.41, 5.74) is 0. The Morgan fingerprint density at radius 3 is 2.44 bits per heavy atom. The van der Waals surface area contributed by atoms with Crippen molar-refractivity contribution in [2.75, 3.05) is 20.8 Å². The summed E-state index contributed by atoms with van der Waals surface area (Å²) in [4.78, 5) is 12.5. The maximum Gasteiger partial charge on any atom is 0.141 e. The Hall–Kier alpha value is -0.410. The molecule has 1 aliphatic carbocycles. The first-order valence-electron chi connectivity index (χ1n) is 7.06. The van der Waals surface area contributed by atoms with Gasteiger partial charge in [-0.3, -0.25) is 4.79 Å². The van der Waals surface area contributed by atoms with E-state index in [4.69, 9.17) is 9.47 Å². The molecule has 0 aromatic rings. The summed E-state index contributed by atoms with van der Waals surface area (Å²) in [7, 11) is 3.43. The number of carbonyl (C=O) groups is 1. The lowest BCUT2D eigenvalue weighted by Gasteiger charge is -2.35. The highest BCUT2D eigenvalue weighted by Gasteiger charge is 2.35. The average Bonchev–Trinajstić information content (AvgIpc) is 2.36. The van der Waals surface area contributed by atoms with Crippen molar-refractivity contribution >= 4 is 5.78 Å². The molecular weight excluding hydrogens is 228 g/mol. The van der Waals surface area contributed by atoms with Crippen molar-refractivity contribution in [3.63, 3.8) is 0 Å². The van der Waals surface area contributed by atoms with Crippen LogP contribution in [0, 0.1) is 23.7 Å². The van der Waals surface area contributed by atoms with Crippen molar-refractivity contribution in [3.8, 4) is 0 Å². The van der Waals surface area contributed by atoms with Crippen LogP contribution in [0.3, 0.4) is 0 Å². The second-order valence-corrected chi connectivity index (χ2v) is 5.85. The number of hydrogen-bond donors (Lipinski definition) is 0. The van der Waals surface area contributed by atoms with Gasteiger partial charge in [0.05, 0.1) is 6.10 Å². The van der Waals surface area contributed by atoms with E-state index in [1.807, 2.05) is 13.8 Å². The third-order valence-corrected chi connectivity index (χ3v) is 4.57. The molecule has 0 heterocycles. The molecule has 0 radical (unpaired) electrons. The van der Waals surface area contributed by atoms with Gasteiger partial charge in [-0.2, -0.15) is 0 Å². The summed E-state index contributed by atoms with van der Waals surface area (Å²) in [5, 5.41) is 0. The predicted molar refractivity (Wildman–Crippen MR) is 72.5 cm³/mol. The van der Waals surface area contributed by atoms with E-state index < -0.39 is 0 Å². The van der Waals surface area contributed by atoms with Crippen molar-refractivity contribution in [1.82, 2.24) is 0 Å². The van der Waals surface area contributed by atoms with Crippen molar-refractivity contribution in [2.45, 2.75) is 46.1 Å². The highest BCUT2D eigenvalue weighted by atomic mass is 16.5. The third kappa shape index (κ3) is 3.79. The quantitative estimate of drug-likeness (QED) is 0.733. The molecular formula is C15H28O3. The van der Waals surface area contributed by atoms with Crippen LogP contribution in [0.4, 0.5) is 0 Å². The average molecular weight is 256 g/mol. The lowest BCUT2D eigenvalue weighted by Crippen LogP contribution is -2.37. The Labute approximate surface area is 111 Å². The van der Waals surface area contributed by atoms with E-state index in [0.29, 0.717) is 17.6 Å². The van der Waals surface area contributed by atoms with Crippen LogP contribution in [-0.2, 0) is 14.3 Å². The number of carbonyl (C=O) groups excluding carboxylic acids is 1. The Morgan fingerprint density at radius 1 is 1.28 bits per heavy atom. The normalized spacial score (nSPS) is 31.9. The molecule has 0 N–H and O–H groups in total. The lowest BCUT2D eigenvalue weighted by atomic mass is 9.71. The minimum absolute atomic E-state index is 0.00132. The standard InChI is InChI=1S/C15H28O3/c1-10-8-13(9-17-4)6-7-14(10)15(16)11(2)12(3)18-5/h10-14H,6-9H2,1-5H3/t10-,11?,12?,13?,14?/m1/s1. The van der Waals surface area contributed by atoms with E-state index in [9.17, 15) is 4.79 Å². The fourth-order valence-corrected chi connectivity index (χ4v) is 3.09. The molecule has 0 bridgehead atoms. The van der Waals surface area contributed by atoms with Crippen LogP contribution in [0.1, 0.15) is 40.0 Å². The number of ether oxygens (including phenoxy) is 2. The molecule has 0 spiro atoms.